The number of benzene rings is 1. The Morgan fingerprint density at radius 1 is 1.08 bits per heavy atom. The summed E-state index contributed by atoms with van der Waals surface area (Å²) in [7, 11) is -3.32. The molecule has 5 nitrogen and oxygen atoms in total. The van der Waals surface area contributed by atoms with Crippen molar-refractivity contribution in [3.05, 3.63) is 53.9 Å². The highest BCUT2D eigenvalue weighted by Crippen LogP contribution is 2.29. The molecule has 0 spiro atoms. The van der Waals surface area contributed by atoms with E-state index in [0.717, 1.165) is 22.4 Å². The molecule has 0 unspecified atom stereocenters. The summed E-state index contributed by atoms with van der Waals surface area (Å²) < 4.78 is 32.6. The third-order valence-electron chi connectivity index (χ3n) is 4.60. The van der Waals surface area contributed by atoms with Crippen molar-refractivity contribution < 1.29 is 13.2 Å². The van der Waals surface area contributed by atoms with E-state index >= 15 is 0 Å². The lowest BCUT2D eigenvalue weighted by molar-refractivity contribution is 0.189. The van der Waals surface area contributed by atoms with Gasteiger partial charge in [-0.3, -0.25) is 4.98 Å². The molecule has 0 aliphatic carbocycles. The van der Waals surface area contributed by atoms with Crippen LogP contribution in [0.1, 0.15) is 31.0 Å². The first-order chi connectivity index (χ1) is 11.9. The van der Waals surface area contributed by atoms with Gasteiger partial charge in [-0.25, -0.2) is 13.1 Å². The van der Waals surface area contributed by atoms with Crippen molar-refractivity contribution >= 4 is 10.0 Å². The molecule has 1 N–H and O–H groups in total. The van der Waals surface area contributed by atoms with Gasteiger partial charge in [-0.2, -0.15) is 0 Å². The van der Waals surface area contributed by atoms with Gasteiger partial charge in [-0.15, -0.1) is 0 Å². The number of aryl methyl sites for hydroxylation is 1. The molecule has 3 rings (SSSR count). The maximum atomic E-state index is 12.2. The summed E-state index contributed by atoms with van der Waals surface area (Å²) in [6.07, 6.45) is 1.86. The van der Waals surface area contributed by atoms with E-state index in [9.17, 15) is 8.42 Å². The zero-order valence-corrected chi connectivity index (χ0v) is 15.6. The van der Waals surface area contributed by atoms with Crippen LogP contribution in [0.5, 0.6) is 0 Å². The molecule has 0 saturated carbocycles. The van der Waals surface area contributed by atoms with Crippen LogP contribution in [-0.2, 0) is 14.8 Å². The Kier molecular flexibility index (Phi) is 5.22. The normalized spacial score (nSPS) is 21.0. The van der Waals surface area contributed by atoms with E-state index in [2.05, 4.69) is 15.8 Å². The lowest BCUT2D eigenvalue weighted by atomic mass is 9.93. The zero-order valence-electron chi connectivity index (χ0n) is 14.8. The molecule has 0 radical (unpaired) electrons. The molecular weight excluding hydrogens is 336 g/mol. The van der Waals surface area contributed by atoms with Crippen molar-refractivity contribution in [1.82, 2.24) is 9.71 Å². The van der Waals surface area contributed by atoms with Crippen LogP contribution in [0.2, 0.25) is 0 Å². The van der Waals surface area contributed by atoms with Crippen molar-refractivity contribution in [3.63, 3.8) is 0 Å². The van der Waals surface area contributed by atoms with Crippen LogP contribution >= 0.6 is 0 Å². The van der Waals surface area contributed by atoms with E-state index in [1.807, 2.05) is 43.5 Å². The van der Waals surface area contributed by atoms with Gasteiger partial charge in [0.25, 0.3) is 0 Å². The van der Waals surface area contributed by atoms with E-state index in [1.165, 1.54) is 0 Å². The molecule has 2 aromatic rings. The summed E-state index contributed by atoms with van der Waals surface area (Å²) in [6, 6.07) is 12.0. The molecule has 1 aromatic carbocycles. The average Bonchev–Trinajstić information content (AvgIpc) is 3.03. The Balaban J connectivity index is 1.78. The van der Waals surface area contributed by atoms with Gasteiger partial charge in [0.15, 0.2) is 0 Å². The van der Waals surface area contributed by atoms with Crippen molar-refractivity contribution in [2.24, 2.45) is 0 Å². The molecule has 1 aliphatic heterocycles. The Hall–Kier alpha value is -1.76. The predicted octanol–water partition coefficient (Wildman–Crippen LogP) is 2.87. The van der Waals surface area contributed by atoms with Gasteiger partial charge in [-0.1, -0.05) is 30.3 Å². The Bertz CT molecular complexity index is 815. The summed E-state index contributed by atoms with van der Waals surface area (Å²) in [5.74, 6) is 0.0266. The summed E-state index contributed by atoms with van der Waals surface area (Å²) in [5, 5.41) is -0.454. The predicted molar refractivity (Wildman–Crippen MR) is 98.9 cm³/mol. The Morgan fingerprint density at radius 2 is 1.76 bits per heavy atom. The van der Waals surface area contributed by atoms with E-state index in [1.54, 1.807) is 13.8 Å². The molecule has 1 aliphatic rings. The molecule has 1 aromatic heterocycles. The van der Waals surface area contributed by atoms with Crippen LogP contribution in [0.3, 0.4) is 0 Å². The number of nitrogens with zero attached hydrogens (tertiary/aromatic N) is 1. The van der Waals surface area contributed by atoms with Gasteiger partial charge in [-0.05, 0) is 38.0 Å². The number of sulfonamides is 1. The first kappa shape index (κ1) is 18.0. The van der Waals surface area contributed by atoms with Gasteiger partial charge in [0, 0.05) is 23.4 Å². The van der Waals surface area contributed by atoms with Crippen LogP contribution in [-0.4, -0.2) is 37.9 Å². The molecule has 1 fully saturated rings. The summed E-state index contributed by atoms with van der Waals surface area (Å²) >= 11 is 0. The second-order valence-corrected chi connectivity index (χ2v) is 9.04. The minimum atomic E-state index is -3.32. The van der Waals surface area contributed by atoms with Gasteiger partial charge in [0.1, 0.15) is 0 Å². The maximum Gasteiger partial charge on any atom is 0.214 e. The van der Waals surface area contributed by atoms with Crippen LogP contribution in [0.4, 0.5) is 0 Å². The highest BCUT2D eigenvalue weighted by molar-refractivity contribution is 7.90. The van der Waals surface area contributed by atoms with Crippen molar-refractivity contribution in [2.75, 3.05) is 13.2 Å². The number of pyridine rings is 1. The number of hydrogen-bond donors (Lipinski definition) is 1. The lowest BCUT2D eigenvalue weighted by Crippen LogP contribution is -2.42. The van der Waals surface area contributed by atoms with Crippen molar-refractivity contribution in [3.8, 4) is 11.1 Å². The molecule has 0 bridgehead atoms. The largest absolute Gasteiger partial charge is 0.379 e. The molecule has 1 saturated heterocycles. The van der Waals surface area contributed by atoms with Crippen LogP contribution in [0.15, 0.2) is 42.6 Å². The third kappa shape index (κ3) is 4.08. The van der Waals surface area contributed by atoms with Crippen molar-refractivity contribution in [2.45, 2.75) is 38.0 Å². The third-order valence-corrected chi connectivity index (χ3v) is 6.47. The molecule has 25 heavy (non-hydrogen) atoms. The van der Waals surface area contributed by atoms with E-state index < -0.39 is 15.3 Å². The maximum absolute atomic E-state index is 12.2. The fraction of sp³-hybridized carbons (Fsp3) is 0.421. The van der Waals surface area contributed by atoms with Crippen molar-refractivity contribution in [1.29, 1.82) is 0 Å². The molecular formula is C19H24N2O3S. The van der Waals surface area contributed by atoms with E-state index in [0.29, 0.717) is 13.2 Å². The van der Waals surface area contributed by atoms with E-state index in [-0.39, 0.29) is 12.0 Å². The second kappa shape index (κ2) is 7.23. The second-order valence-electron chi connectivity index (χ2n) is 6.77. The van der Waals surface area contributed by atoms with Crippen LogP contribution in [0.25, 0.3) is 11.1 Å². The van der Waals surface area contributed by atoms with Gasteiger partial charge in [0.05, 0.1) is 24.5 Å². The molecule has 0 amide bonds. The SMILES string of the molecule is Cc1ccc(-c2ccc([C@@H]3COC[C@@H]3NS(=O)(=O)C(C)C)cc2)cn1. The summed E-state index contributed by atoms with van der Waals surface area (Å²) in [5.41, 5.74) is 4.23. The van der Waals surface area contributed by atoms with Crippen LogP contribution < -0.4 is 4.72 Å². The average molecular weight is 360 g/mol. The Labute approximate surface area is 149 Å². The first-order valence-corrected chi connectivity index (χ1v) is 10.0. The quantitative estimate of drug-likeness (QED) is 0.890. The number of aromatic nitrogens is 1. The number of nitrogens with one attached hydrogen (secondary N) is 1. The highest BCUT2D eigenvalue weighted by atomic mass is 32.2. The van der Waals surface area contributed by atoms with Gasteiger partial charge >= 0.3 is 0 Å². The van der Waals surface area contributed by atoms with Gasteiger partial charge in [0.2, 0.25) is 10.0 Å². The smallest absolute Gasteiger partial charge is 0.214 e. The topological polar surface area (TPSA) is 68.3 Å². The first-order valence-electron chi connectivity index (χ1n) is 8.48. The number of rotatable bonds is 5. The highest BCUT2D eigenvalue weighted by Gasteiger charge is 2.33. The molecule has 2 atom stereocenters. The molecule has 6 heteroatoms. The van der Waals surface area contributed by atoms with Gasteiger partial charge < -0.3 is 4.74 Å². The minimum Gasteiger partial charge on any atom is -0.379 e. The summed E-state index contributed by atoms with van der Waals surface area (Å²) in [6.45, 7) is 6.25. The van der Waals surface area contributed by atoms with E-state index in [4.69, 9.17) is 4.74 Å². The molecule has 2 heterocycles. The monoisotopic (exact) mass is 360 g/mol. The fourth-order valence-electron chi connectivity index (χ4n) is 2.91. The standard InChI is InChI=1S/C19H24N2O3S/c1-13(2)25(22,23)21-19-12-24-11-18(19)16-8-6-15(7-9-16)17-5-4-14(3)20-10-17/h4-10,13,18-19,21H,11-12H2,1-3H3/t18-,19-/m0/s1. The zero-order chi connectivity index (χ0) is 18.0. The minimum absolute atomic E-state index is 0.0266. The Morgan fingerprint density at radius 3 is 2.36 bits per heavy atom. The number of hydrogen-bond acceptors (Lipinski definition) is 4. The number of ether oxygens (including phenoxy) is 1. The molecule has 134 valence electrons. The fourth-order valence-corrected chi connectivity index (χ4v) is 3.83. The van der Waals surface area contributed by atoms with Crippen LogP contribution in [0, 0.1) is 6.92 Å². The lowest BCUT2D eigenvalue weighted by Gasteiger charge is -2.21. The summed E-state index contributed by atoms with van der Waals surface area (Å²) in [4.78, 5) is 4.33.